The highest BCUT2D eigenvalue weighted by molar-refractivity contribution is 7.71. The third-order valence-corrected chi connectivity index (χ3v) is 7.45. The Morgan fingerprint density at radius 3 is 2.17 bits per heavy atom. The molecule has 3 heterocycles. The van der Waals surface area contributed by atoms with Crippen LogP contribution in [-0.4, -0.2) is 64.2 Å². The maximum atomic E-state index is 13.4. The molecule has 5 aromatic rings. The maximum Gasteiger partial charge on any atom is 0.416 e. The lowest BCUT2D eigenvalue weighted by atomic mass is 10.0. The number of alkyl halides is 6. The van der Waals surface area contributed by atoms with Crippen LogP contribution in [0.5, 0.6) is 5.75 Å². The second-order valence-corrected chi connectivity index (χ2v) is 10.4. The first-order valence-corrected chi connectivity index (χ1v) is 13.5. The minimum absolute atomic E-state index is 0.0670. The molecule has 1 aliphatic heterocycles. The van der Waals surface area contributed by atoms with Gasteiger partial charge in [-0.1, -0.05) is 12.1 Å². The molecule has 14 heteroatoms. The number of imidazole rings is 2. The molecule has 1 aliphatic rings. The predicted molar refractivity (Wildman–Crippen MR) is 149 cm³/mol. The summed E-state index contributed by atoms with van der Waals surface area (Å²) < 4.78 is 86.9. The van der Waals surface area contributed by atoms with Gasteiger partial charge in [0.05, 0.1) is 27.8 Å². The molecule has 0 atom stereocenters. The average Bonchev–Trinajstić information content (AvgIpc) is 3.56. The Labute approximate surface area is 240 Å². The van der Waals surface area contributed by atoms with Gasteiger partial charge in [0.15, 0.2) is 4.77 Å². The van der Waals surface area contributed by atoms with Crippen molar-refractivity contribution in [3.05, 3.63) is 70.5 Å². The molecule has 1 saturated heterocycles. The third-order valence-electron chi connectivity index (χ3n) is 7.24. The number of benzene rings is 3. The molecule has 0 unspecified atom stereocenters. The Hall–Kier alpha value is -4.04. The predicted octanol–water partition coefficient (Wildman–Crippen LogP) is 7.01. The van der Waals surface area contributed by atoms with Gasteiger partial charge in [-0.25, -0.2) is 4.98 Å². The summed E-state index contributed by atoms with van der Waals surface area (Å²) in [6.07, 6.45) is -9.89. The molecule has 0 amide bonds. The van der Waals surface area contributed by atoms with Gasteiger partial charge in [-0.15, -0.1) is 0 Å². The van der Waals surface area contributed by atoms with Crippen LogP contribution in [0.25, 0.3) is 33.5 Å². The number of halogens is 6. The number of hydrogen-bond donors (Lipinski definition) is 3. The number of hydrogen-bond acceptors (Lipinski definition) is 5. The number of para-hydroxylation sites is 2. The van der Waals surface area contributed by atoms with Crippen molar-refractivity contribution in [1.82, 2.24) is 24.8 Å². The maximum absolute atomic E-state index is 13.4. The molecule has 6 rings (SSSR count). The van der Waals surface area contributed by atoms with E-state index in [2.05, 4.69) is 29.7 Å². The summed E-state index contributed by atoms with van der Waals surface area (Å²) in [6, 6.07) is 12.5. The van der Waals surface area contributed by atoms with Crippen LogP contribution in [0.2, 0.25) is 0 Å². The fourth-order valence-corrected chi connectivity index (χ4v) is 5.36. The number of aromatic nitrogens is 4. The molecule has 0 saturated carbocycles. The molecule has 0 spiro atoms. The fraction of sp³-hybridized carbons (Fsp3) is 0.286. The molecule has 0 radical (unpaired) electrons. The molecule has 2 aromatic heterocycles. The quantitative estimate of drug-likeness (QED) is 0.143. The number of aromatic amines is 3. The van der Waals surface area contributed by atoms with E-state index in [1.807, 2.05) is 24.3 Å². The van der Waals surface area contributed by atoms with Crippen LogP contribution in [0.4, 0.5) is 32.0 Å². The Morgan fingerprint density at radius 2 is 1.48 bits per heavy atom. The Kier molecular flexibility index (Phi) is 7.13. The van der Waals surface area contributed by atoms with Crippen molar-refractivity contribution in [2.75, 3.05) is 44.2 Å². The fourth-order valence-electron chi connectivity index (χ4n) is 5.15. The largest absolute Gasteiger partial charge is 0.490 e. The number of ether oxygens (including phenoxy) is 1. The van der Waals surface area contributed by atoms with Gasteiger partial charge < -0.3 is 24.6 Å². The molecular weight excluding hydrogens is 582 g/mol. The first kappa shape index (κ1) is 28.1. The van der Waals surface area contributed by atoms with Gasteiger partial charge in [0.2, 0.25) is 0 Å². The van der Waals surface area contributed by atoms with Crippen molar-refractivity contribution in [3.8, 4) is 17.1 Å². The average molecular weight is 607 g/mol. The number of H-pyrrole nitrogens is 3. The smallest absolute Gasteiger partial charge is 0.416 e. The van der Waals surface area contributed by atoms with Crippen molar-refractivity contribution in [1.29, 1.82) is 0 Å². The van der Waals surface area contributed by atoms with E-state index < -0.39 is 23.5 Å². The lowest BCUT2D eigenvalue weighted by molar-refractivity contribution is -0.143. The number of anilines is 1. The molecular formula is C28H24F6N6OS. The Morgan fingerprint density at radius 1 is 0.810 bits per heavy atom. The summed E-state index contributed by atoms with van der Waals surface area (Å²) in [4.78, 5) is 17.9. The number of fused-ring (bicyclic) bond motifs is 2. The summed E-state index contributed by atoms with van der Waals surface area (Å²) >= 11 is 5.16. The SMILES string of the molecule is FC(F)(F)c1cc(-c2nc3c(N4CCN(CCOc5cccc6[nH]c(=S)[nH]c56)CC4)cccc3[nH]2)cc(C(F)(F)F)c1. The monoisotopic (exact) mass is 606 g/mol. The van der Waals surface area contributed by atoms with Crippen molar-refractivity contribution in [2.24, 2.45) is 0 Å². The summed E-state index contributed by atoms with van der Waals surface area (Å²) in [5.74, 6) is 0.644. The Bertz CT molecular complexity index is 1770. The number of nitrogens with zero attached hydrogens (tertiary/aromatic N) is 3. The first-order chi connectivity index (χ1) is 20.0. The zero-order chi connectivity index (χ0) is 29.6. The summed E-state index contributed by atoms with van der Waals surface area (Å²) in [7, 11) is 0. The highest BCUT2D eigenvalue weighted by atomic mass is 32.1. The van der Waals surface area contributed by atoms with Gasteiger partial charge in [-0.3, -0.25) is 4.90 Å². The molecule has 7 nitrogen and oxygen atoms in total. The lowest BCUT2D eigenvalue weighted by Crippen LogP contribution is -2.47. The summed E-state index contributed by atoms with van der Waals surface area (Å²) in [5, 5.41) is 0. The van der Waals surface area contributed by atoms with Crippen molar-refractivity contribution >= 4 is 40.0 Å². The van der Waals surface area contributed by atoms with Crippen LogP contribution in [0.15, 0.2) is 54.6 Å². The highest BCUT2D eigenvalue weighted by Gasteiger charge is 2.37. The van der Waals surface area contributed by atoms with E-state index in [1.54, 1.807) is 12.1 Å². The van der Waals surface area contributed by atoms with Crippen molar-refractivity contribution in [3.63, 3.8) is 0 Å². The van der Waals surface area contributed by atoms with E-state index in [4.69, 9.17) is 17.0 Å². The van der Waals surface area contributed by atoms with E-state index in [0.29, 0.717) is 59.9 Å². The second-order valence-electron chi connectivity index (χ2n) is 9.99. The van der Waals surface area contributed by atoms with Crippen LogP contribution < -0.4 is 9.64 Å². The van der Waals surface area contributed by atoms with Gasteiger partial charge in [0.1, 0.15) is 29.2 Å². The number of piperazine rings is 1. The van der Waals surface area contributed by atoms with Crippen LogP contribution in [0.3, 0.4) is 0 Å². The van der Waals surface area contributed by atoms with Crippen LogP contribution >= 0.6 is 12.2 Å². The Balaban J connectivity index is 1.16. The standard InChI is InChI=1S/C28H24F6N6OS/c29-27(30,31)17-13-16(14-18(15-17)28(32,33)34)25-35-19-3-1-5-21(23(19)37-25)40-9-7-39(8-10-40)11-12-41-22-6-2-4-20-24(22)38-26(42)36-20/h1-6,13-15H,7-12H2,(H,35,37)(H2,36,38,42). The van der Waals surface area contributed by atoms with Gasteiger partial charge in [0.25, 0.3) is 0 Å². The van der Waals surface area contributed by atoms with E-state index in [0.717, 1.165) is 29.8 Å². The molecule has 3 aromatic carbocycles. The summed E-state index contributed by atoms with van der Waals surface area (Å²) in [5.41, 5.74) is 0.371. The topological polar surface area (TPSA) is 76.0 Å². The van der Waals surface area contributed by atoms with Gasteiger partial charge in [-0.05, 0) is 54.7 Å². The minimum Gasteiger partial charge on any atom is -0.490 e. The lowest BCUT2D eigenvalue weighted by Gasteiger charge is -2.36. The molecule has 0 bridgehead atoms. The third kappa shape index (κ3) is 5.68. The molecule has 220 valence electrons. The molecule has 3 N–H and O–H groups in total. The van der Waals surface area contributed by atoms with Crippen molar-refractivity contribution in [2.45, 2.75) is 12.4 Å². The van der Waals surface area contributed by atoms with Crippen LogP contribution in [-0.2, 0) is 12.4 Å². The molecule has 42 heavy (non-hydrogen) atoms. The number of nitrogens with one attached hydrogen (secondary N) is 3. The molecule has 1 fully saturated rings. The van der Waals surface area contributed by atoms with E-state index in [1.165, 1.54) is 0 Å². The van der Waals surface area contributed by atoms with Gasteiger partial charge in [0, 0.05) is 38.3 Å². The first-order valence-electron chi connectivity index (χ1n) is 13.1. The summed E-state index contributed by atoms with van der Waals surface area (Å²) in [6.45, 7) is 3.95. The highest BCUT2D eigenvalue weighted by Crippen LogP contribution is 2.39. The van der Waals surface area contributed by atoms with Crippen molar-refractivity contribution < 1.29 is 31.1 Å². The zero-order valence-corrected chi connectivity index (χ0v) is 22.7. The van der Waals surface area contributed by atoms with Gasteiger partial charge in [-0.2, -0.15) is 26.3 Å². The van der Waals surface area contributed by atoms with Gasteiger partial charge >= 0.3 is 12.4 Å². The number of rotatable bonds is 6. The van der Waals surface area contributed by atoms with Crippen LogP contribution in [0, 0.1) is 4.77 Å². The van der Waals surface area contributed by atoms with E-state index >= 15 is 0 Å². The minimum atomic E-state index is -4.94. The zero-order valence-electron chi connectivity index (χ0n) is 21.9. The molecule has 0 aliphatic carbocycles. The van der Waals surface area contributed by atoms with Crippen LogP contribution in [0.1, 0.15) is 11.1 Å². The van der Waals surface area contributed by atoms with E-state index in [9.17, 15) is 26.3 Å². The second kappa shape index (κ2) is 10.7. The normalized spacial score (nSPS) is 15.1. The van der Waals surface area contributed by atoms with E-state index in [-0.39, 0.29) is 17.5 Å².